The molecule has 1 aliphatic heterocycles. The molecule has 0 spiro atoms. The highest BCUT2D eigenvalue weighted by Gasteiger charge is 2.15. The number of hydrogen-bond donors (Lipinski definition) is 1. The van der Waals surface area contributed by atoms with Crippen LogP contribution in [-0.2, 0) is 0 Å². The minimum atomic E-state index is -0.473. The number of aliphatic hydroxyl groups excluding tert-OH is 1. The average Bonchev–Trinajstić information content (AvgIpc) is 2.47. The summed E-state index contributed by atoms with van der Waals surface area (Å²) in [6.07, 6.45) is -0.473. The first-order valence-corrected chi connectivity index (χ1v) is 7.54. The summed E-state index contributed by atoms with van der Waals surface area (Å²) in [6.45, 7) is 3.03. The number of β-amino-alcohol motifs (C(OH)–C–C–N with tert-alkyl or cyclic N) is 1. The molecular formula is C14H18N2O2S. The molecule has 1 N–H and O–H groups in total. The maximum Gasteiger partial charge on any atom is 0.119 e. The Balaban J connectivity index is 1.73. The first-order chi connectivity index (χ1) is 9.28. The molecule has 2 rings (SSSR count). The van der Waals surface area contributed by atoms with Gasteiger partial charge in [0.25, 0.3) is 0 Å². The molecule has 0 radical (unpaired) electrons. The zero-order chi connectivity index (χ0) is 13.5. The number of hydrogen-bond acceptors (Lipinski definition) is 5. The fourth-order valence-electron chi connectivity index (χ4n) is 1.95. The standard InChI is InChI=1S/C14H18N2O2S/c15-9-12-1-3-14(4-2-12)18-11-13(17)10-16-5-7-19-8-6-16/h1-4,13,17H,5-8,10-11H2/t13-/m0/s1. The number of rotatable bonds is 5. The van der Waals surface area contributed by atoms with E-state index in [0.717, 1.165) is 24.6 Å². The monoisotopic (exact) mass is 278 g/mol. The summed E-state index contributed by atoms with van der Waals surface area (Å²) in [5.41, 5.74) is 0.610. The summed E-state index contributed by atoms with van der Waals surface area (Å²) in [5.74, 6) is 2.97. The van der Waals surface area contributed by atoms with Crippen LogP contribution in [0, 0.1) is 11.3 Å². The van der Waals surface area contributed by atoms with E-state index in [0.29, 0.717) is 17.9 Å². The smallest absolute Gasteiger partial charge is 0.119 e. The van der Waals surface area contributed by atoms with Crippen molar-refractivity contribution in [1.29, 1.82) is 5.26 Å². The van der Waals surface area contributed by atoms with Crippen LogP contribution in [0.3, 0.4) is 0 Å². The van der Waals surface area contributed by atoms with Crippen molar-refractivity contribution in [1.82, 2.24) is 4.90 Å². The lowest BCUT2D eigenvalue weighted by Crippen LogP contribution is -2.40. The largest absolute Gasteiger partial charge is 0.491 e. The Morgan fingerprint density at radius 1 is 1.32 bits per heavy atom. The maximum atomic E-state index is 9.94. The zero-order valence-corrected chi connectivity index (χ0v) is 11.6. The second kappa shape index (κ2) is 7.39. The van der Waals surface area contributed by atoms with Crippen LogP contribution in [0.25, 0.3) is 0 Å². The van der Waals surface area contributed by atoms with Gasteiger partial charge < -0.3 is 9.84 Å². The molecule has 1 aromatic rings. The molecule has 1 fully saturated rings. The minimum absolute atomic E-state index is 0.287. The number of benzene rings is 1. The highest BCUT2D eigenvalue weighted by molar-refractivity contribution is 7.99. The van der Waals surface area contributed by atoms with Crippen molar-refractivity contribution in [3.05, 3.63) is 29.8 Å². The van der Waals surface area contributed by atoms with Crippen molar-refractivity contribution < 1.29 is 9.84 Å². The Hall–Kier alpha value is -1.22. The second-order valence-electron chi connectivity index (χ2n) is 4.51. The molecule has 19 heavy (non-hydrogen) atoms. The van der Waals surface area contributed by atoms with Gasteiger partial charge in [0.15, 0.2) is 0 Å². The molecule has 1 aliphatic rings. The van der Waals surface area contributed by atoms with Crippen LogP contribution in [0.15, 0.2) is 24.3 Å². The number of nitriles is 1. The number of nitrogens with zero attached hydrogens (tertiary/aromatic N) is 2. The fraction of sp³-hybridized carbons (Fsp3) is 0.500. The zero-order valence-electron chi connectivity index (χ0n) is 10.8. The average molecular weight is 278 g/mol. The Morgan fingerprint density at radius 3 is 2.63 bits per heavy atom. The molecule has 102 valence electrons. The minimum Gasteiger partial charge on any atom is -0.491 e. The normalized spacial score (nSPS) is 17.7. The summed E-state index contributed by atoms with van der Waals surface area (Å²) in [5, 5.41) is 18.6. The van der Waals surface area contributed by atoms with E-state index in [9.17, 15) is 5.11 Å². The van der Waals surface area contributed by atoms with Crippen LogP contribution in [0.1, 0.15) is 5.56 Å². The molecule has 5 heteroatoms. The van der Waals surface area contributed by atoms with Crippen molar-refractivity contribution in [3.8, 4) is 11.8 Å². The van der Waals surface area contributed by atoms with Gasteiger partial charge in [0.1, 0.15) is 18.5 Å². The lowest BCUT2D eigenvalue weighted by molar-refractivity contribution is 0.0715. The molecule has 1 atom stereocenters. The Bertz CT molecular complexity index is 424. The molecule has 1 aromatic carbocycles. The van der Waals surface area contributed by atoms with E-state index in [4.69, 9.17) is 10.00 Å². The fourth-order valence-corrected chi connectivity index (χ4v) is 2.93. The molecule has 4 nitrogen and oxygen atoms in total. The quantitative estimate of drug-likeness (QED) is 0.881. The lowest BCUT2D eigenvalue weighted by atomic mass is 10.2. The van der Waals surface area contributed by atoms with Gasteiger partial charge in [0.05, 0.1) is 11.6 Å². The van der Waals surface area contributed by atoms with Crippen LogP contribution in [0.2, 0.25) is 0 Å². The van der Waals surface area contributed by atoms with Crippen molar-refractivity contribution in [3.63, 3.8) is 0 Å². The van der Waals surface area contributed by atoms with Gasteiger partial charge in [-0.15, -0.1) is 0 Å². The van der Waals surface area contributed by atoms with Crippen LogP contribution >= 0.6 is 11.8 Å². The number of thioether (sulfide) groups is 1. The summed E-state index contributed by atoms with van der Waals surface area (Å²) in [7, 11) is 0. The predicted molar refractivity (Wildman–Crippen MR) is 76.4 cm³/mol. The van der Waals surface area contributed by atoms with Gasteiger partial charge in [-0.2, -0.15) is 17.0 Å². The molecule has 0 amide bonds. The molecule has 0 bridgehead atoms. The number of ether oxygens (including phenoxy) is 1. The topological polar surface area (TPSA) is 56.5 Å². The highest BCUT2D eigenvalue weighted by atomic mass is 32.2. The summed E-state index contributed by atoms with van der Waals surface area (Å²) in [4.78, 5) is 2.27. The van der Waals surface area contributed by atoms with Gasteiger partial charge in [-0.05, 0) is 24.3 Å². The van der Waals surface area contributed by atoms with Gasteiger partial charge in [-0.3, -0.25) is 4.90 Å². The summed E-state index contributed by atoms with van der Waals surface area (Å²) < 4.78 is 5.52. The molecule has 1 saturated heterocycles. The molecule has 0 aliphatic carbocycles. The van der Waals surface area contributed by atoms with Crippen LogP contribution in [-0.4, -0.2) is 53.9 Å². The van der Waals surface area contributed by atoms with Crippen molar-refractivity contribution in [2.75, 3.05) is 37.7 Å². The first-order valence-electron chi connectivity index (χ1n) is 6.39. The summed E-state index contributed by atoms with van der Waals surface area (Å²) >= 11 is 1.96. The molecule has 0 saturated carbocycles. The van der Waals surface area contributed by atoms with Crippen molar-refractivity contribution in [2.24, 2.45) is 0 Å². The molecule has 1 heterocycles. The van der Waals surface area contributed by atoms with Crippen molar-refractivity contribution >= 4 is 11.8 Å². The summed E-state index contributed by atoms with van der Waals surface area (Å²) in [6, 6.07) is 8.99. The molecule has 0 unspecified atom stereocenters. The Kier molecular flexibility index (Phi) is 5.52. The van der Waals surface area contributed by atoms with Crippen LogP contribution < -0.4 is 4.74 Å². The molecular weight excluding hydrogens is 260 g/mol. The van der Waals surface area contributed by atoms with E-state index in [1.54, 1.807) is 24.3 Å². The highest BCUT2D eigenvalue weighted by Crippen LogP contribution is 2.13. The lowest BCUT2D eigenvalue weighted by Gasteiger charge is -2.28. The van der Waals surface area contributed by atoms with E-state index in [-0.39, 0.29) is 6.61 Å². The van der Waals surface area contributed by atoms with Crippen LogP contribution in [0.5, 0.6) is 5.75 Å². The number of aliphatic hydroxyl groups is 1. The van der Waals surface area contributed by atoms with Crippen LogP contribution in [0.4, 0.5) is 0 Å². The third-order valence-corrected chi connectivity index (χ3v) is 3.94. The van der Waals surface area contributed by atoms with E-state index in [1.165, 1.54) is 0 Å². The van der Waals surface area contributed by atoms with Gasteiger partial charge in [-0.25, -0.2) is 0 Å². The SMILES string of the molecule is N#Cc1ccc(OC[C@@H](O)CN2CCSCC2)cc1. The van der Waals surface area contributed by atoms with Gasteiger partial charge in [0.2, 0.25) is 0 Å². The van der Waals surface area contributed by atoms with Gasteiger partial charge >= 0.3 is 0 Å². The third kappa shape index (κ3) is 4.75. The van der Waals surface area contributed by atoms with Crippen molar-refractivity contribution in [2.45, 2.75) is 6.10 Å². The molecule has 0 aromatic heterocycles. The van der Waals surface area contributed by atoms with E-state index >= 15 is 0 Å². The van der Waals surface area contributed by atoms with E-state index < -0.39 is 6.10 Å². The predicted octanol–water partition coefficient (Wildman–Crippen LogP) is 1.35. The maximum absolute atomic E-state index is 9.94. The van der Waals surface area contributed by atoms with E-state index in [1.807, 2.05) is 11.8 Å². The van der Waals surface area contributed by atoms with Gasteiger partial charge in [0, 0.05) is 31.1 Å². The Morgan fingerprint density at radius 2 is 2.00 bits per heavy atom. The Labute approximate surface area is 118 Å². The second-order valence-corrected chi connectivity index (χ2v) is 5.74. The van der Waals surface area contributed by atoms with Gasteiger partial charge in [-0.1, -0.05) is 0 Å². The third-order valence-electron chi connectivity index (χ3n) is 3.00. The first kappa shape index (κ1) is 14.2. The van der Waals surface area contributed by atoms with E-state index in [2.05, 4.69) is 11.0 Å².